The van der Waals surface area contributed by atoms with Crippen LogP contribution in [0.1, 0.15) is 93.5 Å². The molecular formula is C55H65N5O9S2. The number of hydrogen-bond acceptors (Lipinski definition) is 13. The molecule has 4 atom stereocenters. The summed E-state index contributed by atoms with van der Waals surface area (Å²) in [4.78, 5) is 64.8. The Labute approximate surface area is 423 Å². The van der Waals surface area contributed by atoms with Crippen LogP contribution < -0.4 is 15.4 Å². The standard InChI is InChI=1S/C55H65N5O9S2/c1-7-59(26-28-69-43-22-17-37(18-23-43)49(65)48-44-24-21-41(62)30-46(44)71-51(48)39-15-19-40(61)20-16-39)25-9-8-10-27-68-32-47(64)58-52(55(4,5)6)54(67)60-31-42(63)29-45(60)53(66)57-34(2)36-11-13-38(14-12-36)50-35(3)56-33-70-50/h11-24,30,33-34,42,45,52,61-63H,7-10,25-29,31-32H2,1-6H3,(H,57,66)(H,58,64)/t34-,42+,45-,52?/m0/s1. The summed E-state index contributed by atoms with van der Waals surface area (Å²) in [6.07, 6.45) is 1.80. The van der Waals surface area contributed by atoms with E-state index in [1.54, 1.807) is 78.1 Å². The second-order valence-corrected chi connectivity index (χ2v) is 21.1. The molecule has 1 unspecified atom stereocenters. The topological polar surface area (TPSA) is 191 Å². The third-order valence-corrected chi connectivity index (χ3v) is 15.0. The van der Waals surface area contributed by atoms with E-state index in [1.165, 1.54) is 16.2 Å². The number of thiazole rings is 1. The molecule has 376 valence electrons. The number of fused-ring (bicyclic) bond motifs is 1. The van der Waals surface area contributed by atoms with Crippen molar-refractivity contribution in [1.82, 2.24) is 25.4 Å². The molecule has 4 aromatic carbocycles. The van der Waals surface area contributed by atoms with Crippen LogP contribution in [0.2, 0.25) is 0 Å². The van der Waals surface area contributed by atoms with E-state index in [0.29, 0.717) is 30.1 Å². The number of β-amino-alcohol motifs (C(OH)–C–C–N with tert-alkyl or cyclic N) is 1. The minimum atomic E-state index is -0.950. The number of amides is 3. The van der Waals surface area contributed by atoms with Crippen LogP contribution in [0.15, 0.2) is 96.5 Å². The van der Waals surface area contributed by atoms with E-state index in [1.807, 2.05) is 64.4 Å². The van der Waals surface area contributed by atoms with Crippen LogP contribution in [0, 0.1) is 12.3 Å². The van der Waals surface area contributed by atoms with Crippen LogP contribution in [0.25, 0.3) is 31.0 Å². The summed E-state index contributed by atoms with van der Waals surface area (Å²) in [6.45, 7) is 14.6. The van der Waals surface area contributed by atoms with Crippen molar-refractivity contribution in [2.75, 3.05) is 46.0 Å². The number of unbranched alkanes of at least 4 members (excludes halogenated alkanes) is 2. The van der Waals surface area contributed by atoms with Crippen molar-refractivity contribution >= 4 is 56.3 Å². The molecule has 16 heteroatoms. The number of carbonyl (C=O) groups excluding carboxylic acids is 4. The maximum Gasteiger partial charge on any atom is 0.246 e. The smallest absolute Gasteiger partial charge is 0.246 e. The van der Waals surface area contributed by atoms with Crippen molar-refractivity contribution in [2.45, 2.75) is 91.5 Å². The Morgan fingerprint density at radius 1 is 0.859 bits per heavy atom. The molecule has 6 aromatic rings. The minimum Gasteiger partial charge on any atom is -0.508 e. The third-order valence-electron chi connectivity index (χ3n) is 12.8. The highest BCUT2D eigenvalue weighted by atomic mass is 32.1. The Kier molecular flexibility index (Phi) is 17.7. The number of aryl methyl sites for hydroxylation is 1. The molecule has 2 aromatic heterocycles. The molecular weight excluding hydrogens is 939 g/mol. The zero-order chi connectivity index (χ0) is 50.8. The van der Waals surface area contributed by atoms with Gasteiger partial charge in [-0.25, -0.2) is 4.98 Å². The lowest BCUT2D eigenvalue weighted by atomic mass is 9.85. The lowest BCUT2D eigenvalue weighted by molar-refractivity contribution is -0.144. The minimum absolute atomic E-state index is 0.0121. The number of ketones is 1. The molecule has 3 amide bonds. The lowest BCUT2D eigenvalue weighted by Gasteiger charge is -2.35. The molecule has 0 radical (unpaired) electrons. The second-order valence-electron chi connectivity index (χ2n) is 19.2. The van der Waals surface area contributed by atoms with Gasteiger partial charge < -0.3 is 45.2 Å². The highest BCUT2D eigenvalue weighted by Crippen LogP contribution is 2.42. The molecule has 1 saturated heterocycles. The molecule has 0 aliphatic carbocycles. The molecule has 71 heavy (non-hydrogen) atoms. The summed E-state index contributed by atoms with van der Waals surface area (Å²) in [7, 11) is 0. The van der Waals surface area contributed by atoms with Crippen molar-refractivity contribution < 1.29 is 44.0 Å². The van der Waals surface area contributed by atoms with Gasteiger partial charge in [0.15, 0.2) is 5.78 Å². The van der Waals surface area contributed by atoms with Crippen LogP contribution in [0.3, 0.4) is 0 Å². The number of aliphatic hydroxyl groups is 1. The number of nitrogens with zero attached hydrogens (tertiary/aromatic N) is 3. The van der Waals surface area contributed by atoms with Crippen molar-refractivity contribution in [3.63, 3.8) is 0 Å². The summed E-state index contributed by atoms with van der Waals surface area (Å²) in [5.74, 6) is -0.451. The quantitative estimate of drug-likeness (QED) is 0.0323. The number of aromatic nitrogens is 1. The van der Waals surface area contributed by atoms with Crippen molar-refractivity contribution in [3.8, 4) is 38.1 Å². The van der Waals surface area contributed by atoms with Crippen LogP contribution >= 0.6 is 22.7 Å². The fourth-order valence-electron chi connectivity index (χ4n) is 8.79. The fraction of sp³-hybridized carbons (Fsp3) is 0.400. The van der Waals surface area contributed by atoms with E-state index >= 15 is 0 Å². The molecule has 7 rings (SSSR count). The molecule has 0 saturated carbocycles. The molecule has 14 nitrogen and oxygen atoms in total. The lowest BCUT2D eigenvalue weighted by Crippen LogP contribution is -2.58. The molecule has 1 fully saturated rings. The number of aromatic hydroxyl groups is 2. The predicted octanol–water partition coefficient (Wildman–Crippen LogP) is 8.90. The van der Waals surface area contributed by atoms with Gasteiger partial charge in [-0.2, -0.15) is 0 Å². The summed E-state index contributed by atoms with van der Waals surface area (Å²) in [5.41, 5.74) is 5.90. The zero-order valence-electron chi connectivity index (χ0n) is 41.3. The molecule has 1 aliphatic heterocycles. The van der Waals surface area contributed by atoms with Crippen LogP contribution in [-0.4, -0.2) is 118 Å². The van der Waals surface area contributed by atoms with Crippen LogP contribution in [0.4, 0.5) is 0 Å². The van der Waals surface area contributed by atoms with Gasteiger partial charge in [0, 0.05) is 52.2 Å². The number of likely N-dealkylation sites (N-methyl/N-ethyl adjacent to an activating group) is 1. The van der Waals surface area contributed by atoms with E-state index in [9.17, 15) is 34.5 Å². The van der Waals surface area contributed by atoms with E-state index < -0.39 is 35.4 Å². The molecule has 0 spiro atoms. The third kappa shape index (κ3) is 13.4. The molecule has 1 aliphatic rings. The number of ether oxygens (including phenoxy) is 2. The second kappa shape index (κ2) is 23.8. The van der Waals surface area contributed by atoms with Crippen molar-refractivity contribution in [3.05, 3.63) is 119 Å². The number of likely N-dealkylation sites (tertiary alicyclic amines) is 1. The van der Waals surface area contributed by atoms with Gasteiger partial charge in [-0.1, -0.05) is 52.0 Å². The number of phenolic OH excluding ortho intramolecular Hbond substituents is 2. The van der Waals surface area contributed by atoms with Crippen molar-refractivity contribution in [1.29, 1.82) is 0 Å². The average molecular weight is 1000 g/mol. The van der Waals surface area contributed by atoms with Gasteiger partial charge in [0.25, 0.3) is 0 Å². The fourth-order valence-corrected chi connectivity index (χ4v) is 10.8. The highest BCUT2D eigenvalue weighted by Gasteiger charge is 2.44. The number of carbonyl (C=O) groups is 4. The first-order chi connectivity index (χ1) is 34.0. The first-order valence-corrected chi connectivity index (χ1v) is 25.9. The Morgan fingerprint density at radius 2 is 1.55 bits per heavy atom. The van der Waals surface area contributed by atoms with Gasteiger partial charge >= 0.3 is 0 Å². The molecule has 0 bridgehead atoms. The Hall–Kier alpha value is -6.17. The highest BCUT2D eigenvalue weighted by molar-refractivity contribution is 7.22. The van der Waals surface area contributed by atoms with Crippen molar-refractivity contribution in [2.24, 2.45) is 5.41 Å². The van der Waals surface area contributed by atoms with E-state index in [4.69, 9.17) is 9.47 Å². The van der Waals surface area contributed by atoms with E-state index in [0.717, 1.165) is 81.1 Å². The SMILES string of the molecule is CCN(CCCCCOCC(=O)NC(C(=O)N1C[C@H](O)C[C@H]1C(=O)N[C@@H](C)c1ccc(-c2scnc2C)cc1)C(C)(C)C)CCOc1ccc(C(=O)c2c(-c3ccc(O)cc3)sc3cc(O)ccc23)cc1. The number of aliphatic hydroxyl groups excluding tert-OH is 1. The summed E-state index contributed by atoms with van der Waals surface area (Å²) in [6, 6.07) is 24.6. The number of hydrogen-bond donors (Lipinski definition) is 5. The number of benzene rings is 4. The first kappa shape index (κ1) is 52.6. The Bertz CT molecular complexity index is 2770. The number of phenols is 2. The zero-order valence-corrected chi connectivity index (χ0v) is 42.9. The van der Waals surface area contributed by atoms with Crippen LogP contribution in [-0.2, 0) is 19.1 Å². The van der Waals surface area contributed by atoms with Gasteiger partial charge in [0.05, 0.1) is 28.2 Å². The van der Waals surface area contributed by atoms with Gasteiger partial charge in [-0.15, -0.1) is 22.7 Å². The summed E-state index contributed by atoms with van der Waals surface area (Å²) < 4.78 is 12.6. The normalized spacial score (nSPS) is 15.7. The van der Waals surface area contributed by atoms with Gasteiger partial charge in [0.2, 0.25) is 17.7 Å². The summed E-state index contributed by atoms with van der Waals surface area (Å²) >= 11 is 2.99. The Balaban J connectivity index is 0.813. The van der Waals surface area contributed by atoms with E-state index in [2.05, 4.69) is 27.4 Å². The molecule has 3 heterocycles. The number of rotatable bonds is 22. The summed E-state index contributed by atoms with van der Waals surface area (Å²) in [5, 5.41) is 37.3. The molecule has 5 N–H and O–H groups in total. The van der Waals surface area contributed by atoms with Gasteiger partial charge in [-0.3, -0.25) is 19.2 Å². The van der Waals surface area contributed by atoms with Gasteiger partial charge in [0.1, 0.15) is 42.5 Å². The maximum absolute atomic E-state index is 14.1. The first-order valence-electron chi connectivity index (χ1n) is 24.2. The van der Waals surface area contributed by atoms with Gasteiger partial charge in [-0.05, 0) is 135 Å². The number of thiophene rings is 1. The van der Waals surface area contributed by atoms with E-state index in [-0.39, 0.29) is 48.8 Å². The van der Waals surface area contributed by atoms with Crippen LogP contribution in [0.5, 0.6) is 17.2 Å². The predicted molar refractivity (Wildman–Crippen MR) is 279 cm³/mol. The average Bonchev–Trinajstić information content (AvgIpc) is 4.08. The largest absolute Gasteiger partial charge is 0.508 e. The Morgan fingerprint density at radius 3 is 2.23 bits per heavy atom. The maximum atomic E-state index is 14.1. The monoisotopic (exact) mass is 1000 g/mol. The number of nitrogens with one attached hydrogen (secondary N) is 2.